The van der Waals surface area contributed by atoms with Gasteiger partial charge in [0, 0.05) is 5.56 Å². The Morgan fingerprint density at radius 3 is 2.56 bits per heavy atom. The van der Waals surface area contributed by atoms with Crippen molar-refractivity contribution < 1.29 is 9.53 Å². The third kappa shape index (κ3) is 4.82. The van der Waals surface area contributed by atoms with Gasteiger partial charge in [-0.25, -0.2) is 5.43 Å². The average molecular weight is 362 g/mol. The molecule has 1 heterocycles. The number of ether oxygens (including phenoxy) is 1. The van der Waals surface area contributed by atoms with Gasteiger partial charge in [-0.15, -0.1) is 0 Å². The van der Waals surface area contributed by atoms with Crippen LogP contribution in [0.2, 0.25) is 0 Å². The Balaban J connectivity index is 1.60. The summed E-state index contributed by atoms with van der Waals surface area (Å²) in [7, 11) is 0. The quantitative estimate of drug-likeness (QED) is 0.495. The Morgan fingerprint density at radius 2 is 1.89 bits per heavy atom. The molecule has 3 rings (SSSR count). The first-order valence-electron chi connectivity index (χ1n) is 8.90. The van der Waals surface area contributed by atoms with E-state index < -0.39 is 0 Å². The van der Waals surface area contributed by atoms with Crippen LogP contribution in [0.15, 0.2) is 59.7 Å². The number of H-pyrrole nitrogens is 1. The molecule has 0 aliphatic carbocycles. The van der Waals surface area contributed by atoms with Gasteiger partial charge >= 0.3 is 0 Å². The maximum atomic E-state index is 12.2. The van der Waals surface area contributed by atoms with Crippen molar-refractivity contribution in [2.24, 2.45) is 5.10 Å². The molecule has 0 atom stereocenters. The topological polar surface area (TPSA) is 79.4 Å². The molecule has 3 aromatic rings. The summed E-state index contributed by atoms with van der Waals surface area (Å²) >= 11 is 0. The summed E-state index contributed by atoms with van der Waals surface area (Å²) in [5.41, 5.74) is 6.65. The van der Waals surface area contributed by atoms with E-state index in [1.165, 1.54) is 5.56 Å². The zero-order valence-corrected chi connectivity index (χ0v) is 15.4. The van der Waals surface area contributed by atoms with Crippen LogP contribution < -0.4 is 10.2 Å². The zero-order valence-electron chi connectivity index (χ0n) is 15.4. The van der Waals surface area contributed by atoms with E-state index in [1.54, 1.807) is 12.3 Å². The van der Waals surface area contributed by atoms with Gasteiger partial charge in [-0.2, -0.15) is 10.2 Å². The zero-order chi connectivity index (χ0) is 19.1. The normalized spacial score (nSPS) is 10.9. The van der Waals surface area contributed by atoms with Gasteiger partial charge in [0.05, 0.1) is 18.5 Å². The Kier molecular flexibility index (Phi) is 5.99. The summed E-state index contributed by atoms with van der Waals surface area (Å²) in [6.07, 6.45) is 2.56. The van der Waals surface area contributed by atoms with Crippen molar-refractivity contribution in [3.8, 4) is 17.0 Å². The first-order valence-corrected chi connectivity index (χ1v) is 8.90. The minimum Gasteiger partial charge on any atom is -0.494 e. The lowest BCUT2D eigenvalue weighted by atomic mass is 10.1. The molecule has 0 aliphatic rings. The minimum atomic E-state index is -0.346. The highest BCUT2D eigenvalue weighted by Gasteiger charge is 2.10. The second-order valence-corrected chi connectivity index (χ2v) is 5.92. The van der Waals surface area contributed by atoms with Crippen LogP contribution in [0.25, 0.3) is 11.3 Å². The molecule has 2 N–H and O–H groups in total. The number of hydrogen-bond donors (Lipinski definition) is 2. The van der Waals surface area contributed by atoms with Crippen molar-refractivity contribution in [2.45, 2.75) is 20.3 Å². The van der Waals surface area contributed by atoms with E-state index in [4.69, 9.17) is 4.74 Å². The number of nitrogens with zero attached hydrogens (tertiary/aromatic N) is 2. The molecule has 6 heteroatoms. The highest BCUT2D eigenvalue weighted by molar-refractivity contribution is 5.94. The maximum absolute atomic E-state index is 12.2. The number of rotatable bonds is 7. The van der Waals surface area contributed by atoms with Gasteiger partial charge in [-0.1, -0.05) is 31.2 Å². The third-order valence-corrected chi connectivity index (χ3v) is 4.05. The predicted molar refractivity (Wildman–Crippen MR) is 106 cm³/mol. The molecule has 1 aromatic heterocycles. The summed E-state index contributed by atoms with van der Waals surface area (Å²) < 4.78 is 5.39. The predicted octanol–water partition coefficient (Wildman–Crippen LogP) is 3.80. The summed E-state index contributed by atoms with van der Waals surface area (Å²) in [5, 5.41) is 10.9. The second-order valence-electron chi connectivity index (χ2n) is 5.92. The molecule has 27 heavy (non-hydrogen) atoms. The lowest BCUT2D eigenvalue weighted by molar-refractivity contribution is 0.0950. The highest BCUT2D eigenvalue weighted by Crippen LogP contribution is 2.18. The van der Waals surface area contributed by atoms with Crippen LogP contribution >= 0.6 is 0 Å². The van der Waals surface area contributed by atoms with Crippen molar-refractivity contribution >= 4 is 12.1 Å². The maximum Gasteiger partial charge on any atom is 0.289 e. The molecule has 0 saturated carbocycles. The van der Waals surface area contributed by atoms with E-state index in [2.05, 4.69) is 39.8 Å². The van der Waals surface area contributed by atoms with E-state index in [0.717, 1.165) is 29.0 Å². The van der Waals surface area contributed by atoms with Crippen molar-refractivity contribution in [1.29, 1.82) is 0 Å². The van der Waals surface area contributed by atoms with Crippen LogP contribution in [0, 0.1) is 0 Å². The third-order valence-electron chi connectivity index (χ3n) is 4.05. The van der Waals surface area contributed by atoms with Crippen molar-refractivity contribution in [2.75, 3.05) is 6.61 Å². The Hall–Kier alpha value is -3.41. The van der Waals surface area contributed by atoms with Gasteiger partial charge in [-0.3, -0.25) is 9.89 Å². The van der Waals surface area contributed by atoms with Crippen LogP contribution in [0.3, 0.4) is 0 Å². The number of carbonyl (C=O) groups excluding carboxylic acids is 1. The molecule has 0 unspecified atom stereocenters. The molecule has 0 aliphatic heterocycles. The molecule has 0 radical (unpaired) electrons. The highest BCUT2D eigenvalue weighted by atomic mass is 16.5. The molecule has 1 amide bonds. The molecule has 0 spiro atoms. The molecular formula is C21H22N4O2. The second kappa shape index (κ2) is 8.80. The Morgan fingerprint density at radius 1 is 1.15 bits per heavy atom. The number of carbonyl (C=O) groups is 1. The largest absolute Gasteiger partial charge is 0.494 e. The standard InChI is InChI=1S/C21H22N4O2/c1-3-15-5-9-17(10-6-15)19-13-20(24-23-19)21(26)25-22-14-16-7-11-18(12-8-16)27-4-2/h5-14H,3-4H2,1-2H3,(H,23,24)(H,25,26)/b22-14-. The Bertz CT molecular complexity index is 912. The molecular weight excluding hydrogens is 340 g/mol. The SMILES string of the molecule is CCOc1ccc(/C=N\NC(=O)c2cc(-c3ccc(CC)cc3)n[nH]2)cc1. The van der Waals surface area contributed by atoms with Crippen LogP contribution in [0.4, 0.5) is 0 Å². The lowest BCUT2D eigenvalue weighted by Gasteiger charge is -2.02. The van der Waals surface area contributed by atoms with E-state index >= 15 is 0 Å². The number of aryl methyl sites for hydroxylation is 1. The number of aromatic amines is 1. The van der Waals surface area contributed by atoms with Crippen molar-refractivity contribution in [1.82, 2.24) is 15.6 Å². The summed E-state index contributed by atoms with van der Waals surface area (Å²) in [4.78, 5) is 12.2. The molecule has 0 fully saturated rings. The molecule has 0 saturated heterocycles. The molecule has 0 bridgehead atoms. The van der Waals surface area contributed by atoms with Gasteiger partial charge in [0.2, 0.25) is 0 Å². The van der Waals surface area contributed by atoms with Gasteiger partial charge in [0.1, 0.15) is 11.4 Å². The fraction of sp³-hybridized carbons (Fsp3) is 0.190. The smallest absolute Gasteiger partial charge is 0.289 e. The molecule has 138 valence electrons. The van der Waals surface area contributed by atoms with Crippen molar-refractivity contribution in [3.05, 3.63) is 71.4 Å². The average Bonchev–Trinajstić information content (AvgIpc) is 3.20. The number of nitrogens with one attached hydrogen (secondary N) is 2. The fourth-order valence-corrected chi connectivity index (χ4v) is 2.54. The van der Waals surface area contributed by atoms with Gasteiger partial charge in [0.25, 0.3) is 5.91 Å². The number of hydrogen-bond acceptors (Lipinski definition) is 4. The number of amides is 1. The first kappa shape index (κ1) is 18.4. The van der Waals surface area contributed by atoms with E-state index in [0.29, 0.717) is 12.3 Å². The molecule has 2 aromatic carbocycles. The number of aromatic nitrogens is 2. The fourth-order valence-electron chi connectivity index (χ4n) is 2.54. The number of hydrazone groups is 1. The molecule has 6 nitrogen and oxygen atoms in total. The van der Waals surface area contributed by atoms with Gasteiger partial charge < -0.3 is 4.74 Å². The Labute approximate surface area is 158 Å². The van der Waals surface area contributed by atoms with Crippen LogP contribution in [-0.2, 0) is 6.42 Å². The monoisotopic (exact) mass is 362 g/mol. The summed E-state index contributed by atoms with van der Waals surface area (Å²) in [6, 6.07) is 17.3. The van der Waals surface area contributed by atoms with Crippen LogP contribution in [-0.4, -0.2) is 28.9 Å². The van der Waals surface area contributed by atoms with Crippen LogP contribution in [0.5, 0.6) is 5.75 Å². The first-order chi connectivity index (χ1) is 13.2. The number of benzene rings is 2. The van der Waals surface area contributed by atoms with E-state index in [1.807, 2.05) is 43.3 Å². The summed E-state index contributed by atoms with van der Waals surface area (Å²) in [6.45, 7) is 4.67. The lowest BCUT2D eigenvalue weighted by Crippen LogP contribution is -2.17. The van der Waals surface area contributed by atoms with Crippen molar-refractivity contribution in [3.63, 3.8) is 0 Å². The van der Waals surface area contributed by atoms with Crippen LogP contribution in [0.1, 0.15) is 35.5 Å². The van der Waals surface area contributed by atoms with E-state index in [-0.39, 0.29) is 5.91 Å². The minimum absolute atomic E-state index is 0.346. The van der Waals surface area contributed by atoms with E-state index in [9.17, 15) is 4.79 Å². The summed E-state index contributed by atoms with van der Waals surface area (Å²) in [5.74, 6) is 0.455. The van der Waals surface area contributed by atoms with Gasteiger partial charge in [-0.05, 0) is 54.8 Å². The van der Waals surface area contributed by atoms with Gasteiger partial charge in [0.15, 0.2) is 0 Å².